The minimum Gasteiger partial charge on any atom is -0.399 e. The third-order valence-electron chi connectivity index (χ3n) is 7.24. The Kier molecular flexibility index (Phi) is 2.95. The van der Waals surface area contributed by atoms with Crippen LogP contribution >= 0.6 is 0 Å². The highest BCUT2D eigenvalue weighted by Gasteiger charge is 2.58. The van der Waals surface area contributed by atoms with Crippen LogP contribution in [-0.2, 0) is 0 Å². The van der Waals surface area contributed by atoms with Gasteiger partial charge < -0.3 is 11.5 Å². The quantitative estimate of drug-likeness (QED) is 0.358. The molecule has 144 valence electrons. The number of rotatable bonds is 0. The maximum Gasteiger partial charge on any atom is 0.249 e. The van der Waals surface area contributed by atoms with Crippen molar-refractivity contribution in [1.82, 2.24) is 0 Å². The van der Waals surface area contributed by atoms with Crippen LogP contribution in [-0.4, -0.2) is 0 Å². The van der Waals surface area contributed by atoms with Crippen LogP contribution in [0.1, 0.15) is 57.6 Å². The molecule has 6 aliphatic rings. The third-order valence-corrected chi connectivity index (χ3v) is 7.24. The van der Waals surface area contributed by atoms with Gasteiger partial charge in [0.25, 0.3) is 0 Å². The molecule has 0 radical (unpaired) electrons. The summed E-state index contributed by atoms with van der Waals surface area (Å²) in [6, 6.07) is 26.4. The van der Waals surface area contributed by atoms with Crippen LogP contribution in [0.5, 0.6) is 0 Å². The molecular weight excluding hydrogens is 368 g/mol. The number of hydrogen-bond donors (Lipinski definition) is 2. The van der Waals surface area contributed by atoms with Crippen molar-refractivity contribution in [1.29, 1.82) is 0 Å². The molecule has 1 aliphatic carbocycles. The van der Waals surface area contributed by atoms with E-state index in [9.17, 15) is 0 Å². The largest absolute Gasteiger partial charge is 0.399 e. The van der Waals surface area contributed by atoms with Crippen molar-refractivity contribution in [3.8, 4) is 0 Å². The highest BCUT2D eigenvalue weighted by atomic mass is 15.1. The fraction of sp³-hybridized carbons (Fsp3) is 0.154. The predicted molar refractivity (Wildman–Crippen MR) is 115 cm³/mol. The van der Waals surface area contributed by atoms with E-state index in [-0.39, 0.29) is 23.9 Å². The number of pyridine rings is 2. The highest BCUT2D eigenvalue weighted by Crippen LogP contribution is 2.55. The highest BCUT2D eigenvalue weighted by molar-refractivity contribution is 5.58. The molecule has 0 fully saturated rings. The van der Waals surface area contributed by atoms with E-state index in [1.54, 1.807) is 0 Å². The van der Waals surface area contributed by atoms with Crippen LogP contribution in [0.4, 0.5) is 11.4 Å². The summed E-state index contributed by atoms with van der Waals surface area (Å²) in [5.74, 6) is 0.354. The van der Waals surface area contributed by atoms with E-state index in [2.05, 4.69) is 82.2 Å². The number of aromatic nitrogens is 2. The van der Waals surface area contributed by atoms with Gasteiger partial charge >= 0.3 is 0 Å². The minimum absolute atomic E-state index is 0.155. The molecule has 10 rings (SSSR count). The molecule has 7 heterocycles. The maximum absolute atomic E-state index is 6.30. The van der Waals surface area contributed by atoms with Crippen molar-refractivity contribution < 1.29 is 9.13 Å². The molecule has 4 N–H and O–H groups in total. The van der Waals surface area contributed by atoms with E-state index in [1.807, 2.05) is 12.1 Å². The lowest BCUT2D eigenvalue weighted by atomic mass is 9.64. The normalized spacial score (nSPS) is 24.3. The third kappa shape index (κ3) is 1.86. The molecule has 0 unspecified atom stereocenters. The zero-order valence-corrected chi connectivity index (χ0v) is 16.4. The van der Waals surface area contributed by atoms with Crippen LogP contribution < -0.4 is 20.6 Å². The van der Waals surface area contributed by atoms with Crippen LogP contribution in [0.3, 0.4) is 0 Å². The van der Waals surface area contributed by atoms with Gasteiger partial charge in [-0.25, -0.2) is 0 Å². The van der Waals surface area contributed by atoms with Gasteiger partial charge in [0.15, 0.2) is 23.8 Å². The molecule has 0 saturated carbocycles. The summed E-state index contributed by atoms with van der Waals surface area (Å²) in [6.07, 6.45) is 4.49. The van der Waals surface area contributed by atoms with E-state index < -0.39 is 0 Å². The van der Waals surface area contributed by atoms with Gasteiger partial charge in [-0.2, -0.15) is 9.13 Å². The molecule has 0 spiro atoms. The lowest BCUT2D eigenvalue weighted by molar-refractivity contribution is -0.817. The summed E-state index contributed by atoms with van der Waals surface area (Å²) in [5, 5.41) is 0. The molecule has 2 aromatic heterocycles. The van der Waals surface area contributed by atoms with Gasteiger partial charge in [0.1, 0.15) is 0 Å². The molecule has 0 amide bonds. The topological polar surface area (TPSA) is 59.8 Å². The number of anilines is 2. The standard InChI is InChI=1S/C26H22N4/c27-15-7-9-17-19(13-15)23-21-5-1-3-11-29(21)25(17)26-18-10-8-16(28)14-20(18)24(23)22-6-2-4-12-30(22)26/h1-14,23-26H,27-28H2/q+2/t23-,24-,25-,26-/m0/s1. The SMILES string of the molecule is Nc1ccc2c(c1)[C@H]1c3cccc[n+]3[C@@H]2[C@@H]2c3ccc(N)cc3[C@H]1c1cccc[n+]12. The summed E-state index contributed by atoms with van der Waals surface area (Å²) in [5.41, 5.74) is 22.4. The summed E-state index contributed by atoms with van der Waals surface area (Å²) in [6.45, 7) is 0. The van der Waals surface area contributed by atoms with Crippen molar-refractivity contribution in [3.05, 3.63) is 119 Å². The molecule has 4 bridgehead atoms. The Balaban J connectivity index is 1.68. The average molecular weight is 390 g/mol. The monoisotopic (exact) mass is 390 g/mol. The fourth-order valence-electron chi connectivity index (χ4n) is 6.20. The number of nitrogen functional groups attached to an aromatic ring is 2. The Bertz CT molecular complexity index is 1250. The number of hydrogen-bond acceptors (Lipinski definition) is 2. The number of nitrogens with zero attached hydrogens (tertiary/aromatic N) is 2. The second-order valence-electron chi connectivity index (χ2n) is 8.69. The lowest BCUT2D eigenvalue weighted by Gasteiger charge is -2.42. The average Bonchev–Trinajstić information content (AvgIpc) is 2.75. The van der Waals surface area contributed by atoms with Gasteiger partial charge in [0, 0.05) is 46.8 Å². The number of benzene rings is 2. The Morgan fingerprint density at radius 1 is 0.533 bits per heavy atom. The summed E-state index contributed by atoms with van der Waals surface area (Å²) >= 11 is 0. The summed E-state index contributed by atoms with van der Waals surface area (Å²) < 4.78 is 4.98. The number of nitrogens with two attached hydrogens (primary N) is 2. The van der Waals surface area contributed by atoms with E-state index in [1.165, 1.54) is 33.6 Å². The van der Waals surface area contributed by atoms with Crippen molar-refractivity contribution in [2.24, 2.45) is 0 Å². The van der Waals surface area contributed by atoms with Gasteiger partial charge in [0.2, 0.25) is 12.1 Å². The Hall–Kier alpha value is -3.66. The summed E-state index contributed by atoms with van der Waals surface area (Å²) in [7, 11) is 0. The van der Waals surface area contributed by atoms with Crippen LogP contribution in [0.25, 0.3) is 0 Å². The molecule has 4 heteroatoms. The first-order valence-corrected chi connectivity index (χ1v) is 10.5. The first-order chi connectivity index (χ1) is 14.7. The maximum atomic E-state index is 6.30. The van der Waals surface area contributed by atoms with E-state index in [0.717, 1.165) is 11.4 Å². The zero-order chi connectivity index (χ0) is 20.0. The van der Waals surface area contributed by atoms with Crippen molar-refractivity contribution >= 4 is 11.4 Å². The van der Waals surface area contributed by atoms with E-state index in [4.69, 9.17) is 11.5 Å². The molecule has 0 saturated heterocycles. The Labute approximate surface area is 175 Å². The van der Waals surface area contributed by atoms with Crippen LogP contribution in [0, 0.1) is 0 Å². The Morgan fingerprint density at radius 3 is 1.47 bits per heavy atom. The molecular formula is C26H22N4+2. The lowest BCUT2D eigenvalue weighted by Crippen LogP contribution is -2.63. The Morgan fingerprint density at radius 2 is 1.00 bits per heavy atom. The first kappa shape index (κ1) is 16.2. The zero-order valence-electron chi connectivity index (χ0n) is 16.4. The van der Waals surface area contributed by atoms with E-state index >= 15 is 0 Å². The molecule has 2 aromatic carbocycles. The smallest absolute Gasteiger partial charge is 0.249 e. The summed E-state index contributed by atoms with van der Waals surface area (Å²) in [4.78, 5) is 0. The van der Waals surface area contributed by atoms with Gasteiger partial charge in [-0.05, 0) is 47.5 Å². The van der Waals surface area contributed by atoms with Gasteiger partial charge in [-0.15, -0.1) is 0 Å². The van der Waals surface area contributed by atoms with Crippen molar-refractivity contribution in [3.63, 3.8) is 0 Å². The van der Waals surface area contributed by atoms with Crippen LogP contribution in [0.15, 0.2) is 85.2 Å². The molecule has 5 aliphatic heterocycles. The van der Waals surface area contributed by atoms with Gasteiger partial charge in [0.05, 0.1) is 11.8 Å². The second kappa shape index (κ2) is 5.48. The minimum atomic E-state index is 0.155. The van der Waals surface area contributed by atoms with Crippen molar-refractivity contribution in [2.45, 2.75) is 23.9 Å². The first-order valence-electron chi connectivity index (χ1n) is 10.5. The van der Waals surface area contributed by atoms with Crippen molar-refractivity contribution in [2.75, 3.05) is 11.5 Å². The second-order valence-corrected chi connectivity index (χ2v) is 8.69. The molecule has 4 aromatic rings. The fourth-order valence-corrected chi connectivity index (χ4v) is 6.20. The van der Waals surface area contributed by atoms with Gasteiger partial charge in [-0.3, -0.25) is 0 Å². The van der Waals surface area contributed by atoms with Gasteiger partial charge in [-0.1, -0.05) is 12.1 Å². The molecule has 30 heavy (non-hydrogen) atoms. The molecule has 4 atom stereocenters. The molecule has 4 nitrogen and oxygen atoms in total. The van der Waals surface area contributed by atoms with Crippen LogP contribution in [0.2, 0.25) is 0 Å². The predicted octanol–water partition coefficient (Wildman–Crippen LogP) is 3.21. The van der Waals surface area contributed by atoms with E-state index in [0.29, 0.717) is 0 Å².